The van der Waals surface area contributed by atoms with Gasteiger partial charge in [0, 0.05) is 16.7 Å². The monoisotopic (exact) mass is 528 g/mol. The first-order valence-electron chi connectivity index (χ1n) is 13.4. The second-order valence-corrected chi connectivity index (χ2v) is 9.58. The van der Waals surface area contributed by atoms with E-state index in [-0.39, 0.29) is 17.3 Å². The number of carbonyl (C=O) groups excluding carboxylic acids is 3. The predicted octanol–water partition coefficient (Wildman–Crippen LogP) is 7.49. The van der Waals surface area contributed by atoms with E-state index in [1.165, 1.54) is 0 Å². The van der Waals surface area contributed by atoms with Gasteiger partial charge in [-0.1, -0.05) is 153 Å². The summed E-state index contributed by atoms with van der Waals surface area (Å²) in [6.07, 6.45) is 6.98. The van der Waals surface area contributed by atoms with Gasteiger partial charge < -0.3 is 5.11 Å². The SMILES string of the molecule is CCC1(C(=O)c2ccccc2)C=CC=CC1C(=O)c1ccccc1.O=C(c1ccccc1)C(O)c1ccccc1. The zero-order chi connectivity index (χ0) is 28.4. The van der Waals surface area contributed by atoms with E-state index in [1.54, 1.807) is 48.5 Å². The number of ketones is 3. The fourth-order valence-electron chi connectivity index (χ4n) is 4.90. The lowest BCUT2D eigenvalue weighted by Gasteiger charge is -2.35. The van der Waals surface area contributed by atoms with E-state index in [9.17, 15) is 19.5 Å². The topological polar surface area (TPSA) is 71.4 Å². The molecule has 0 fully saturated rings. The van der Waals surface area contributed by atoms with Crippen molar-refractivity contribution in [3.8, 4) is 0 Å². The third-order valence-corrected chi connectivity index (χ3v) is 7.17. The standard InChI is InChI=1S/C22H20O2.C14H12O2/c1-2-22(21(24)18-13-7-4-8-14-18)16-10-9-15-19(22)20(23)17-11-5-3-6-12-17;15-13(11-7-3-1-4-8-11)14(16)12-9-5-2-6-10-12/h3-16,19H,2H2,1H3;1-10,13,15H. The van der Waals surface area contributed by atoms with Crippen molar-refractivity contribution < 1.29 is 19.5 Å². The van der Waals surface area contributed by atoms with Crippen LogP contribution in [-0.4, -0.2) is 22.5 Å². The highest BCUT2D eigenvalue weighted by atomic mass is 16.3. The van der Waals surface area contributed by atoms with Gasteiger partial charge in [0.2, 0.25) is 0 Å². The number of rotatable bonds is 8. The quantitative estimate of drug-likeness (QED) is 0.241. The minimum absolute atomic E-state index is 0.000445. The molecule has 3 atom stereocenters. The highest BCUT2D eigenvalue weighted by Crippen LogP contribution is 2.41. The Morgan fingerprint density at radius 1 is 0.675 bits per heavy atom. The van der Waals surface area contributed by atoms with E-state index >= 15 is 0 Å². The van der Waals surface area contributed by atoms with Gasteiger partial charge in [0.25, 0.3) is 0 Å². The van der Waals surface area contributed by atoms with Crippen molar-refractivity contribution in [1.82, 2.24) is 0 Å². The molecule has 0 aliphatic heterocycles. The molecule has 4 aromatic carbocycles. The van der Waals surface area contributed by atoms with Crippen LogP contribution in [0.5, 0.6) is 0 Å². The van der Waals surface area contributed by atoms with Gasteiger partial charge in [-0.15, -0.1) is 0 Å². The molecule has 5 rings (SSSR count). The molecule has 4 heteroatoms. The Labute approximate surface area is 235 Å². The van der Waals surface area contributed by atoms with E-state index < -0.39 is 17.4 Å². The van der Waals surface area contributed by atoms with Crippen molar-refractivity contribution in [1.29, 1.82) is 0 Å². The van der Waals surface area contributed by atoms with Crippen LogP contribution in [0.1, 0.15) is 56.1 Å². The largest absolute Gasteiger partial charge is 0.380 e. The average Bonchev–Trinajstić information content (AvgIpc) is 3.05. The Bertz CT molecular complexity index is 1480. The van der Waals surface area contributed by atoms with E-state index in [1.807, 2.05) is 104 Å². The summed E-state index contributed by atoms with van der Waals surface area (Å²) in [7, 11) is 0. The summed E-state index contributed by atoms with van der Waals surface area (Å²) in [4.78, 5) is 38.2. The Morgan fingerprint density at radius 3 is 1.68 bits per heavy atom. The molecule has 0 saturated heterocycles. The molecule has 40 heavy (non-hydrogen) atoms. The predicted molar refractivity (Wildman–Crippen MR) is 158 cm³/mol. The molecule has 4 aromatic rings. The molecule has 4 nitrogen and oxygen atoms in total. The van der Waals surface area contributed by atoms with E-state index in [0.717, 1.165) is 0 Å². The van der Waals surface area contributed by atoms with Crippen LogP contribution in [0.4, 0.5) is 0 Å². The fraction of sp³-hybridized carbons (Fsp3) is 0.139. The molecule has 200 valence electrons. The number of Topliss-reactive ketones (excluding diaryl/α,β-unsaturated/α-hetero) is 3. The van der Waals surface area contributed by atoms with Crippen LogP contribution < -0.4 is 0 Å². The smallest absolute Gasteiger partial charge is 0.195 e. The maximum atomic E-state index is 13.3. The van der Waals surface area contributed by atoms with Gasteiger partial charge in [-0.2, -0.15) is 0 Å². The first-order valence-corrected chi connectivity index (χ1v) is 13.4. The van der Waals surface area contributed by atoms with Crippen LogP contribution in [0, 0.1) is 11.3 Å². The van der Waals surface area contributed by atoms with Crippen LogP contribution in [0.25, 0.3) is 0 Å². The van der Waals surface area contributed by atoms with Crippen LogP contribution in [-0.2, 0) is 0 Å². The molecule has 0 aromatic heterocycles. The number of benzene rings is 4. The lowest BCUT2D eigenvalue weighted by molar-refractivity contribution is 0.0703. The minimum atomic E-state index is -1.08. The Balaban J connectivity index is 0.000000201. The number of aliphatic hydroxyl groups is 1. The zero-order valence-corrected chi connectivity index (χ0v) is 22.4. The lowest BCUT2D eigenvalue weighted by Crippen LogP contribution is -2.41. The Hall–Kier alpha value is -4.67. The molecule has 3 unspecified atom stereocenters. The maximum Gasteiger partial charge on any atom is 0.195 e. The number of hydrogen-bond donors (Lipinski definition) is 1. The minimum Gasteiger partial charge on any atom is -0.380 e. The second kappa shape index (κ2) is 13.4. The first kappa shape index (κ1) is 28.3. The van der Waals surface area contributed by atoms with Crippen LogP contribution in [0.3, 0.4) is 0 Å². The normalized spacial score (nSPS) is 18.2. The van der Waals surface area contributed by atoms with Gasteiger partial charge in [0.1, 0.15) is 6.10 Å². The number of carbonyl (C=O) groups is 3. The molecule has 0 heterocycles. The van der Waals surface area contributed by atoms with Crippen LogP contribution >= 0.6 is 0 Å². The Morgan fingerprint density at radius 2 is 1.15 bits per heavy atom. The van der Waals surface area contributed by atoms with Crippen molar-refractivity contribution in [2.75, 3.05) is 0 Å². The van der Waals surface area contributed by atoms with Crippen molar-refractivity contribution in [2.24, 2.45) is 11.3 Å². The molecule has 1 aliphatic carbocycles. The van der Waals surface area contributed by atoms with Crippen molar-refractivity contribution in [2.45, 2.75) is 19.4 Å². The molecule has 0 spiro atoms. The first-order chi connectivity index (χ1) is 19.5. The summed E-state index contributed by atoms with van der Waals surface area (Å²) in [5.74, 6) is -0.766. The molecular weight excluding hydrogens is 496 g/mol. The maximum absolute atomic E-state index is 13.3. The third kappa shape index (κ3) is 6.31. The molecule has 0 amide bonds. The van der Waals surface area contributed by atoms with Crippen LogP contribution in [0.2, 0.25) is 0 Å². The van der Waals surface area contributed by atoms with Crippen LogP contribution in [0.15, 0.2) is 146 Å². The summed E-state index contributed by atoms with van der Waals surface area (Å²) in [6.45, 7) is 1.97. The Kier molecular flexibility index (Phi) is 9.50. The van der Waals surface area contributed by atoms with Gasteiger partial charge in [-0.3, -0.25) is 14.4 Å². The summed E-state index contributed by atoms with van der Waals surface area (Å²) in [5.41, 5.74) is 1.60. The van der Waals surface area contributed by atoms with Gasteiger partial charge >= 0.3 is 0 Å². The van der Waals surface area contributed by atoms with Crippen molar-refractivity contribution in [3.63, 3.8) is 0 Å². The molecule has 0 saturated carbocycles. The average molecular weight is 529 g/mol. The highest BCUT2D eigenvalue weighted by Gasteiger charge is 2.45. The number of hydrogen-bond acceptors (Lipinski definition) is 4. The van der Waals surface area contributed by atoms with E-state index in [0.29, 0.717) is 28.7 Å². The highest BCUT2D eigenvalue weighted by molar-refractivity contribution is 6.09. The fourth-order valence-corrected chi connectivity index (χ4v) is 4.90. The number of aliphatic hydroxyl groups excluding tert-OH is 1. The van der Waals surface area contributed by atoms with Crippen molar-refractivity contribution in [3.05, 3.63) is 168 Å². The second-order valence-electron chi connectivity index (χ2n) is 9.58. The summed E-state index contributed by atoms with van der Waals surface area (Å²) < 4.78 is 0. The molecule has 0 radical (unpaired) electrons. The molecule has 1 aliphatic rings. The summed E-state index contributed by atoms with van der Waals surface area (Å²) in [5, 5.41) is 9.89. The van der Waals surface area contributed by atoms with E-state index in [2.05, 4.69) is 0 Å². The third-order valence-electron chi connectivity index (χ3n) is 7.17. The van der Waals surface area contributed by atoms with Gasteiger partial charge in [-0.05, 0) is 12.0 Å². The number of allylic oxidation sites excluding steroid dienone is 4. The van der Waals surface area contributed by atoms with Crippen molar-refractivity contribution >= 4 is 17.3 Å². The lowest BCUT2D eigenvalue weighted by atomic mass is 9.64. The molecular formula is C36H32O4. The van der Waals surface area contributed by atoms with E-state index in [4.69, 9.17) is 0 Å². The molecule has 1 N–H and O–H groups in total. The van der Waals surface area contributed by atoms with Gasteiger partial charge in [-0.25, -0.2) is 0 Å². The summed E-state index contributed by atoms with van der Waals surface area (Å²) >= 11 is 0. The molecule has 0 bridgehead atoms. The summed E-state index contributed by atoms with van der Waals surface area (Å²) in [6, 6.07) is 36.2. The van der Waals surface area contributed by atoms with Gasteiger partial charge in [0.05, 0.1) is 11.3 Å². The van der Waals surface area contributed by atoms with Gasteiger partial charge in [0.15, 0.2) is 17.3 Å². The zero-order valence-electron chi connectivity index (χ0n) is 22.4.